The van der Waals surface area contributed by atoms with Crippen molar-refractivity contribution in [3.63, 3.8) is 0 Å². The van der Waals surface area contributed by atoms with E-state index in [9.17, 15) is 4.79 Å². The number of nitrogens with zero attached hydrogens (tertiary/aromatic N) is 4. The van der Waals surface area contributed by atoms with E-state index in [-0.39, 0.29) is 5.78 Å². The molecule has 5 nitrogen and oxygen atoms in total. The summed E-state index contributed by atoms with van der Waals surface area (Å²) >= 11 is 3.05. The monoisotopic (exact) mass is 446 g/mol. The number of thiazole rings is 1. The van der Waals surface area contributed by atoms with Crippen molar-refractivity contribution in [1.29, 1.82) is 0 Å². The van der Waals surface area contributed by atoms with Gasteiger partial charge in [-0.2, -0.15) is 0 Å². The Kier molecular flexibility index (Phi) is 4.95. The van der Waals surface area contributed by atoms with Crippen molar-refractivity contribution >= 4 is 44.1 Å². The Morgan fingerprint density at radius 1 is 1.00 bits per heavy atom. The minimum atomic E-state index is 0.101. The molecular formula is C24H22N4OS2. The highest BCUT2D eigenvalue weighted by Crippen LogP contribution is 2.30. The van der Waals surface area contributed by atoms with E-state index >= 15 is 0 Å². The van der Waals surface area contributed by atoms with E-state index in [4.69, 9.17) is 0 Å². The summed E-state index contributed by atoms with van der Waals surface area (Å²) in [4.78, 5) is 14.0. The van der Waals surface area contributed by atoms with Gasteiger partial charge >= 0.3 is 0 Å². The molecule has 3 heterocycles. The van der Waals surface area contributed by atoms with Crippen LogP contribution in [-0.4, -0.2) is 30.7 Å². The van der Waals surface area contributed by atoms with Crippen LogP contribution in [0.2, 0.25) is 0 Å². The molecule has 31 heavy (non-hydrogen) atoms. The Bertz CT molecular complexity index is 1460. The van der Waals surface area contributed by atoms with Gasteiger partial charge in [-0.05, 0) is 69.2 Å². The average Bonchev–Trinajstić information content (AvgIpc) is 3.40. The maximum Gasteiger partial charge on any atom is 0.217 e. The standard InChI is InChI=1S/C24H22N4OS2/c1-14-9-10-18(11-15(14)2)27-16(3)12-19(17(27)4)21(29)13-30-23-25-26-24-28(23)20-7-5-6-8-22(20)31-24/h5-12H,13H2,1-4H3. The SMILES string of the molecule is Cc1ccc(-n2c(C)cc(C(=O)CSc3nnc4sc5ccccc5n34)c2C)cc1C. The minimum absolute atomic E-state index is 0.101. The maximum absolute atomic E-state index is 13.1. The topological polar surface area (TPSA) is 52.2 Å². The predicted molar refractivity (Wildman–Crippen MR) is 128 cm³/mol. The van der Waals surface area contributed by atoms with Gasteiger partial charge in [0.1, 0.15) is 0 Å². The van der Waals surface area contributed by atoms with E-state index in [1.54, 1.807) is 11.3 Å². The van der Waals surface area contributed by atoms with Crippen LogP contribution in [-0.2, 0) is 0 Å². The highest BCUT2D eigenvalue weighted by molar-refractivity contribution is 7.99. The number of para-hydroxylation sites is 1. The number of hydrogen-bond donors (Lipinski definition) is 0. The Morgan fingerprint density at radius 2 is 1.81 bits per heavy atom. The smallest absolute Gasteiger partial charge is 0.217 e. The highest BCUT2D eigenvalue weighted by Gasteiger charge is 2.19. The largest absolute Gasteiger partial charge is 0.318 e. The summed E-state index contributed by atoms with van der Waals surface area (Å²) in [5, 5.41) is 9.36. The third-order valence-electron chi connectivity index (χ3n) is 5.72. The maximum atomic E-state index is 13.1. The van der Waals surface area contributed by atoms with Crippen LogP contribution in [0, 0.1) is 27.7 Å². The van der Waals surface area contributed by atoms with E-state index in [1.165, 1.54) is 22.9 Å². The van der Waals surface area contributed by atoms with Crippen LogP contribution < -0.4 is 0 Å². The molecule has 0 spiro atoms. The fourth-order valence-electron chi connectivity index (χ4n) is 3.96. The molecule has 0 fully saturated rings. The Labute approximate surface area is 188 Å². The van der Waals surface area contributed by atoms with Crippen LogP contribution >= 0.6 is 23.1 Å². The van der Waals surface area contributed by atoms with Gasteiger partial charge in [0.2, 0.25) is 4.96 Å². The van der Waals surface area contributed by atoms with Gasteiger partial charge in [0.15, 0.2) is 10.9 Å². The molecule has 0 aliphatic heterocycles. The first-order valence-corrected chi connectivity index (χ1v) is 11.9. The molecule has 0 radical (unpaired) electrons. The molecule has 0 bridgehead atoms. The lowest BCUT2D eigenvalue weighted by Gasteiger charge is -2.12. The predicted octanol–water partition coefficient (Wildman–Crippen LogP) is 5.94. The second-order valence-corrected chi connectivity index (χ2v) is 9.72. The number of aryl methyl sites for hydroxylation is 3. The van der Waals surface area contributed by atoms with Crippen molar-refractivity contribution < 1.29 is 4.79 Å². The molecule has 0 N–H and O–H groups in total. The molecule has 0 atom stereocenters. The highest BCUT2D eigenvalue weighted by atomic mass is 32.2. The number of rotatable bonds is 5. The normalized spacial score (nSPS) is 11.6. The summed E-state index contributed by atoms with van der Waals surface area (Å²) in [5.41, 5.74) is 7.47. The van der Waals surface area contributed by atoms with E-state index in [0.717, 1.165) is 43.0 Å². The second kappa shape index (κ2) is 7.66. The van der Waals surface area contributed by atoms with Gasteiger partial charge in [0.05, 0.1) is 16.0 Å². The Balaban J connectivity index is 1.43. The number of aromatic nitrogens is 4. The zero-order valence-electron chi connectivity index (χ0n) is 17.8. The van der Waals surface area contributed by atoms with Gasteiger partial charge < -0.3 is 4.57 Å². The lowest BCUT2D eigenvalue weighted by atomic mass is 10.1. The van der Waals surface area contributed by atoms with Crippen molar-refractivity contribution in [2.75, 3.05) is 5.75 Å². The summed E-state index contributed by atoms with van der Waals surface area (Å²) in [6.45, 7) is 8.29. The zero-order chi connectivity index (χ0) is 21.7. The molecule has 0 saturated heterocycles. The molecule has 0 aliphatic rings. The van der Waals surface area contributed by atoms with Gasteiger partial charge in [-0.3, -0.25) is 9.20 Å². The summed E-state index contributed by atoms with van der Waals surface area (Å²) in [6, 6.07) is 16.6. The summed E-state index contributed by atoms with van der Waals surface area (Å²) in [7, 11) is 0. The van der Waals surface area contributed by atoms with Crippen molar-refractivity contribution in [3.8, 4) is 5.69 Å². The average molecular weight is 447 g/mol. The van der Waals surface area contributed by atoms with Crippen LogP contribution in [0.15, 0.2) is 53.7 Å². The van der Waals surface area contributed by atoms with Gasteiger partial charge in [0.25, 0.3) is 0 Å². The van der Waals surface area contributed by atoms with Crippen LogP contribution in [0.3, 0.4) is 0 Å². The molecule has 0 amide bonds. The quantitative estimate of drug-likeness (QED) is 0.247. The fourth-order valence-corrected chi connectivity index (χ4v) is 5.81. The minimum Gasteiger partial charge on any atom is -0.318 e. The fraction of sp³-hybridized carbons (Fsp3) is 0.208. The number of benzene rings is 2. The Morgan fingerprint density at radius 3 is 2.61 bits per heavy atom. The summed E-state index contributed by atoms with van der Waals surface area (Å²) in [5.74, 6) is 0.423. The van der Waals surface area contributed by atoms with Crippen molar-refractivity contribution in [2.45, 2.75) is 32.9 Å². The first-order valence-electron chi connectivity index (χ1n) is 10.1. The second-order valence-electron chi connectivity index (χ2n) is 7.77. The van der Waals surface area contributed by atoms with Gasteiger partial charge in [-0.15, -0.1) is 10.2 Å². The van der Waals surface area contributed by atoms with Gasteiger partial charge in [-0.25, -0.2) is 0 Å². The van der Waals surface area contributed by atoms with Gasteiger partial charge in [-0.1, -0.05) is 41.3 Å². The summed E-state index contributed by atoms with van der Waals surface area (Å²) in [6.07, 6.45) is 0. The molecule has 2 aromatic carbocycles. The lowest BCUT2D eigenvalue weighted by molar-refractivity contribution is 0.102. The molecule has 5 rings (SSSR count). The number of Topliss-reactive ketones (excluding diaryl/α,β-unsaturated/α-hetero) is 1. The lowest BCUT2D eigenvalue weighted by Crippen LogP contribution is -2.06. The number of thioether (sulfide) groups is 1. The zero-order valence-corrected chi connectivity index (χ0v) is 19.5. The number of hydrogen-bond acceptors (Lipinski definition) is 5. The van der Waals surface area contributed by atoms with Crippen molar-refractivity contribution in [3.05, 3.63) is 76.6 Å². The van der Waals surface area contributed by atoms with Crippen molar-refractivity contribution in [1.82, 2.24) is 19.2 Å². The Hall–Kier alpha value is -2.90. The first kappa shape index (κ1) is 20.0. The molecule has 7 heteroatoms. The molecule has 0 saturated carbocycles. The van der Waals surface area contributed by atoms with Crippen LogP contribution in [0.25, 0.3) is 20.9 Å². The molecule has 0 unspecified atom stereocenters. The third-order valence-corrected chi connectivity index (χ3v) is 7.66. The van der Waals surface area contributed by atoms with Gasteiger partial charge in [0, 0.05) is 22.6 Å². The number of carbonyl (C=O) groups is 1. The molecule has 0 aliphatic carbocycles. The van der Waals surface area contributed by atoms with Crippen LogP contribution in [0.1, 0.15) is 32.9 Å². The van der Waals surface area contributed by atoms with E-state index < -0.39 is 0 Å². The van der Waals surface area contributed by atoms with Crippen molar-refractivity contribution in [2.24, 2.45) is 0 Å². The van der Waals surface area contributed by atoms with E-state index in [1.807, 2.05) is 36.4 Å². The number of fused-ring (bicyclic) bond motifs is 3. The number of ketones is 1. The molecule has 5 aromatic rings. The van der Waals surface area contributed by atoms with Crippen LogP contribution in [0.5, 0.6) is 0 Å². The molecule has 3 aromatic heterocycles. The van der Waals surface area contributed by atoms with E-state index in [0.29, 0.717) is 5.75 Å². The summed E-state index contributed by atoms with van der Waals surface area (Å²) < 4.78 is 5.36. The first-order chi connectivity index (χ1) is 14.9. The molecular weight excluding hydrogens is 424 g/mol. The molecule has 156 valence electrons. The number of carbonyl (C=O) groups excluding carboxylic acids is 1. The van der Waals surface area contributed by atoms with E-state index in [2.05, 4.69) is 58.9 Å². The van der Waals surface area contributed by atoms with Crippen LogP contribution in [0.4, 0.5) is 0 Å². The third kappa shape index (κ3) is 3.38.